The summed E-state index contributed by atoms with van der Waals surface area (Å²) in [5.74, 6) is -0.0398. The van der Waals surface area contributed by atoms with Crippen molar-refractivity contribution in [3.8, 4) is 0 Å². The minimum atomic E-state index is -3.58. The highest BCUT2D eigenvalue weighted by atomic mass is 35.5. The molecule has 7 heteroatoms. The van der Waals surface area contributed by atoms with Crippen LogP contribution in [0, 0.1) is 12.8 Å². The largest absolute Gasteiger partial charge is 0.354 e. The number of nitrogens with zero attached hydrogens (tertiary/aromatic N) is 1. The SMILES string of the molecule is Cc1c(Cl)cccc1N(CC(=O)NCC(C)C)S(C)(=O)=O. The number of anilines is 1. The van der Waals surface area contributed by atoms with E-state index in [4.69, 9.17) is 11.6 Å². The van der Waals surface area contributed by atoms with Gasteiger partial charge in [-0.1, -0.05) is 31.5 Å². The molecule has 0 aromatic heterocycles. The van der Waals surface area contributed by atoms with Crippen molar-refractivity contribution in [2.75, 3.05) is 23.7 Å². The lowest BCUT2D eigenvalue weighted by molar-refractivity contribution is -0.119. The zero-order valence-corrected chi connectivity index (χ0v) is 14.3. The van der Waals surface area contributed by atoms with Gasteiger partial charge in [0.15, 0.2) is 0 Å². The fourth-order valence-corrected chi connectivity index (χ4v) is 2.83. The molecule has 0 unspecified atom stereocenters. The fraction of sp³-hybridized carbons (Fsp3) is 0.500. The molecule has 21 heavy (non-hydrogen) atoms. The van der Waals surface area contributed by atoms with Crippen LogP contribution < -0.4 is 9.62 Å². The average Bonchev–Trinajstić information content (AvgIpc) is 2.36. The first kappa shape index (κ1) is 17.8. The quantitative estimate of drug-likeness (QED) is 0.868. The number of rotatable bonds is 6. The van der Waals surface area contributed by atoms with Crippen LogP contribution in [0.3, 0.4) is 0 Å². The summed E-state index contributed by atoms with van der Waals surface area (Å²) < 4.78 is 25.0. The molecule has 0 aliphatic carbocycles. The van der Waals surface area contributed by atoms with Crippen LogP contribution in [0.4, 0.5) is 5.69 Å². The summed E-state index contributed by atoms with van der Waals surface area (Å²) >= 11 is 6.03. The Morgan fingerprint density at radius 2 is 2.00 bits per heavy atom. The molecule has 0 spiro atoms. The smallest absolute Gasteiger partial charge is 0.240 e. The lowest BCUT2D eigenvalue weighted by Crippen LogP contribution is -2.41. The van der Waals surface area contributed by atoms with Crippen LogP contribution in [0.2, 0.25) is 5.02 Å². The summed E-state index contributed by atoms with van der Waals surface area (Å²) in [6.07, 6.45) is 1.07. The van der Waals surface area contributed by atoms with E-state index in [2.05, 4.69) is 5.32 Å². The molecular weight excluding hydrogens is 312 g/mol. The minimum absolute atomic E-state index is 0.257. The first-order valence-corrected chi connectivity index (χ1v) is 8.85. The van der Waals surface area contributed by atoms with Crippen LogP contribution in [-0.2, 0) is 14.8 Å². The Morgan fingerprint density at radius 1 is 1.38 bits per heavy atom. The molecule has 1 aromatic carbocycles. The topological polar surface area (TPSA) is 66.5 Å². The Morgan fingerprint density at radius 3 is 2.52 bits per heavy atom. The molecule has 1 rings (SSSR count). The molecule has 1 N–H and O–H groups in total. The second kappa shape index (κ2) is 7.13. The van der Waals surface area contributed by atoms with E-state index in [9.17, 15) is 13.2 Å². The normalized spacial score (nSPS) is 11.5. The van der Waals surface area contributed by atoms with Crippen molar-refractivity contribution in [1.82, 2.24) is 5.32 Å². The monoisotopic (exact) mass is 332 g/mol. The highest BCUT2D eigenvalue weighted by Crippen LogP contribution is 2.27. The van der Waals surface area contributed by atoms with E-state index in [1.165, 1.54) is 0 Å². The maximum absolute atomic E-state index is 12.0. The summed E-state index contributed by atoms with van der Waals surface area (Å²) in [6.45, 7) is 5.91. The minimum Gasteiger partial charge on any atom is -0.354 e. The lowest BCUT2D eigenvalue weighted by atomic mass is 10.2. The summed E-state index contributed by atoms with van der Waals surface area (Å²) in [7, 11) is -3.58. The Kier molecular flexibility index (Phi) is 6.04. The second-order valence-electron chi connectivity index (χ2n) is 5.35. The van der Waals surface area contributed by atoms with Crippen molar-refractivity contribution in [3.63, 3.8) is 0 Å². The Hall–Kier alpha value is -1.27. The molecule has 0 fully saturated rings. The zero-order chi connectivity index (χ0) is 16.2. The summed E-state index contributed by atoms with van der Waals surface area (Å²) in [6, 6.07) is 4.98. The highest BCUT2D eigenvalue weighted by molar-refractivity contribution is 7.92. The van der Waals surface area contributed by atoms with Gasteiger partial charge in [0.25, 0.3) is 0 Å². The van der Waals surface area contributed by atoms with Crippen LogP contribution in [0.15, 0.2) is 18.2 Å². The number of nitrogens with one attached hydrogen (secondary N) is 1. The molecule has 0 saturated heterocycles. The number of halogens is 1. The number of amides is 1. The first-order chi connectivity index (χ1) is 9.62. The maximum atomic E-state index is 12.0. The van der Waals surface area contributed by atoms with Gasteiger partial charge in [0.05, 0.1) is 11.9 Å². The Balaban J connectivity index is 3.03. The molecule has 1 aromatic rings. The standard InChI is InChI=1S/C14H21ClN2O3S/c1-10(2)8-16-14(18)9-17(21(4,19)20)13-7-5-6-12(15)11(13)3/h5-7,10H,8-9H2,1-4H3,(H,16,18). The molecule has 0 saturated carbocycles. The zero-order valence-electron chi connectivity index (χ0n) is 12.7. The maximum Gasteiger partial charge on any atom is 0.240 e. The van der Waals surface area contributed by atoms with Gasteiger partial charge in [0.2, 0.25) is 15.9 Å². The van der Waals surface area contributed by atoms with Gasteiger partial charge in [-0.3, -0.25) is 9.10 Å². The molecule has 5 nitrogen and oxygen atoms in total. The van der Waals surface area contributed by atoms with Crippen LogP contribution in [-0.4, -0.2) is 33.7 Å². The highest BCUT2D eigenvalue weighted by Gasteiger charge is 2.22. The van der Waals surface area contributed by atoms with Crippen LogP contribution in [0.25, 0.3) is 0 Å². The molecular formula is C14H21ClN2O3S. The van der Waals surface area contributed by atoms with Crippen molar-refractivity contribution >= 4 is 33.2 Å². The van der Waals surface area contributed by atoms with Crippen molar-refractivity contribution in [2.24, 2.45) is 5.92 Å². The fourth-order valence-electron chi connectivity index (χ4n) is 1.75. The summed E-state index contributed by atoms with van der Waals surface area (Å²) in [5, 5.41) is 3.17. The van der Waals surface area contributed by atoms with Crippen LogP contribution in [0.5, 0.6) is 0 Å². The van der Waals surface area contributed by atoms with E-state index >= 15 is 0 Å². The molecule has 0 heterocycles. The van der Waals surface area contributed by atoms with E-state index in [0.29, 0.717) is 28.7 Å². The van der Waals surface area contributed by atoms with E-state index < -0.39 is 10.0 Å². The van der Waals surface area contributed by atoms with E-state index in [1.54, 1.807) is 25.1 Å². The van der Waals surface area contributed by atoms with Crippen molar-refractivity contribution in [1.29, 1.82) is 0 Å². The number of carbonyl (C=O) groups excluding carboxylic acids is 1. The lowest BCUT2D eigenvalue weighted by Gasteiger charge is -2.24. The Labute approximate surface area is 131 Å². The first-order valence-electron chi connectivity index (χ1n) is 6.62. The molecule has 1 amide bonds. The molecule has 0 radical (unpaired) electrons. The van der Waals surface area contributed by atoms with Gasteiger partial charge in [-0.25, -0.2) is 8.42 Å². The Bertz CT molecular complexity index is 615. The number of carbonyl (C=O) groups is 1. The molecule has 0 aliphatic rings. The predicted octanol–water partition coefficient (Wildman–Crippen LogP) is 2.19. The van der Waals surface area contributed by atoms with Crippen molar-refractivity contribution in [2.45, 2.75) is 20.8 Å². The number of hydrogen-bond donors (Lipinski definition) is 1. The van der Waals surface area contributed by atoms with Gasteiger partial charge in [-0.2, -0.15) is 0 Å². The molecule has 0 bridgehead atoms. The van der Waals surface area contributed by atoms with E-state index in [1.807, 2.05) is 13.8 Å². The molecule has 0 aliphatic heterocycles. The van der Waals surface area contributed by atoms with E-state index in [-0.39, 0.29) is 12.5 Å². The van der Waals surface area contributed by atoms with Crippen molar-refractivity contribution in [3.05, 3.63) is 28.8 Å². The molecule has 118 valence electrons. The third-order valence-corrected chi connectivity index (χ3v) is 4.44. The number of hydrogen-bond acceptors (Lipinski definition) is 3. The third kappa shape index (κ3) is 5.21. The van der Waals surface area contributed by atoms with Crippen LogP contribution >= 0.6 is 11.6 Å². The van der Waals surface area contributed by atoms with Crippen molar-refractivity contribution < 1.29 is 13.2 Å². The number of sulfonamides is 1. The van der Waals surface area contributed by atoms with E-state index in [0.717, 1.165) is 10.6 Å². The predicted molar refractivity (Wildman–Crippen MR) is 86.2 cm³/mol. The number of benzene rings is 1. The third-order valence-electron chi connectivity index (χ3n) is 2.90. The molecule has 0 atom stereocenters. The average molecular weight is 333 g/mol. The summed E-state index contributed by atoms with van der Waals surface area (Å²) in [5.41, 5.74) is 1.05. The van der Waals surface area contributed by atoms with Gasteiger partial charge in [0, 0.05) is 11.6 Å². The van der Waals surface area contributed by atoms with Gasteiger partial charge in [-0.05, 0) is 30.5 Å². The van der Waals surface area contributed by atoms with Crippen LogP contribution in [0.1, 0.15) is 19.4 Å². The van der Waals surface area contributed by atoms with Gasteiger partial charge in [-0.15, -0.1) is 0 Å². The van der Waals surface area contributed by atoms with Gasteiger partial charge < -0.3 is 5.32 Å². The van der Waals surface area contributed by atoms with Gasteiger partial charge >= 0.3 is 0 Å². The summed E-state index contributed by atoms with van der Waals surface area (Å²) in [4.78, 5) is 11.9. The van der Waals surface area contributed by atoms with Gasteiger partial charge in [0.1, 0.15) is 6.54 Å². The second-order valence-corrected chi connectivity index (χ2v) is 7.67.